The highest BCUT2D eigenvalue weighted by Crippen LogP contribution is 2.54. The zero-order chi connectivity index (χ0) is 51.2. The Morgan fingerprint density at radius 1 is 0.431 bits per heavy atom. The Balaban J connectivity index is 1.31. The Hall–Kier alpha value is -5.80. The van der Waals surface area contributed by atoms with E-state index >= 15 is 0 Å². The second kappa shape index (κ2) is 16.4. The molecule has 7 aromatic carbocycles. The third-order valence-corrected chi connectivity index (χ3v) is 18.0. The second-order valence-corrected chi connectivity index (χ2v) is 27.4. The van der Waals surface area contributed by atoms with E-state index in [1.165, 1.54) is 137 Å². The topological polar surface area (TPSA) is 6.48 Å². The highest BCUT2D eigenvalue weighted by Gasteiger charge is 2.48. The van der Waals surface area contributed by atoms with Gasteiger partial charge in [0.2, 0.25) is 0 Å². The van der Waals surface area contributed by atoms with E-state index in [4.69, 9.17) is 0 Å². The molecule has 4 aliphatic rings. The molecule has 0 amide bonds. The van der Waals surface area contributed by atoms with Crippen molar-refractivity contribution in [2.45, 2.75) is 175 Å². The Labute approximate surface area is 434 Å². The van der Waals surface area contributed by atoms with Crippen LogP contribution in [0.25, 0.3) is 22.3 Å². The van der Waals surface area contributed by atoms with Gasteiger partial charge in [-0.2, -0.15) is 0 Å². The van der Waals surface area contributed by atoms with Gasteiger partial charge in [0.1, 0.15) is 0 Å². The van der Waals surface area contributed by atoms with Crippen LogP contribution in [0.15, 0.2) is 133 Å². The molecule has 0 fully saturated rings. The molecule has 11 rings (SSSR count). The van der Waals surface area contributed by atoms with Gasteiger partial charge < -0.3 is 9.80 Å². The van der Waals surface area contributed by atoms with Crippen LogP contribution in [-0.4, -0.2) is 6.71 Å². The summed E-state index contributed by atoms with van der Waals surface area (Å²) < 4.78 is 0. The summed E-state index contributed by atoms with van der Waals surface area (Å²) in [4.78, 5) is 5.45. The minimum atomic E-state index is -0.112. The van der Waals surface area contributed by atoms with Crippen molar-refractivity contribution in [3.8, 4) is 22.3 Å². The predicted octanol–water partition coefficient (Wildman–Crippen LogP) is 17.5. The summed E-state index contributed by atoms with van der Waals surface area (Å²) in [5, 5.41) is 0. The van der Waals surface area contributed by atoms with E-state index in [1.54, 1.807) is 0 Å². The fourth-order valence-electron chi connectivity index (χ4n) is 13.2. The van der Waals surface area contributed by atoms with Crippen LogP contribution in [0.5, 0.6) is 0 Å². The summed E-state index contributed by atoms with van der Waals surface area (Å²) in [6.45, 7) is 38.9. The van der Waals surface area contributed by atoms with Crippen molar-refractivity contribution < 1.29 is 0 Å². The van der Waals surface area contributed by atoms with E-state index in [9.17, 15) is 0 Å². The predicted molar refractivity (Wildman–Crippen MR) is 313 cm³/mol. The Morgan fingerprint density at radius 3 is 1.50 bits per heavy atom. The lowest BCUT2D eigenvalue weighted by Gasteiger charge is -2.48. The molecule has 0 saturated heterocycles. The van der Waals surface area contributed by atoms with Crippen molar-refractivity contribution in [2.75, 3.05) is 9.80 Å². The van der Waals surface area contributed by atoms with E-state index in [0.29, 0.717) is 5.92 Å². The van der Waals surface area contributed by atoms with E-state index in [-0.39, 0.29) is 39.2 Å². The summed E-state index contributed by atoms with van der Waals surface area (Å²) >= 11 is 0. The molecule has 0 unspecified atom stereocenters. The maximum Gasteiger partial charge on any atom is 0.252 e. The average molecular weight is 947 g/mol. The molecule has 2 heterocycles. The van der Waals surface area contributed by atoms with Gasteiger partial charge in [-0.05, 0) is 185 Å². The van der Waals surface area contributed by atoms with Gasteiger partial charge in [0.15, 0.2) is 0 Å². The third kappa shape index (κ3) is 7.73. The summed E-state index contributed by atoms with van der Waals surface area (Å²) in [6, 6.07) is 53.1. The van der Waals surface area contributed by atoms with E-state index in [2.05, 4.69) is 254 Å². The monoisotopic (exact) mass is 947 g/mol. The standard InChI is InChI=1S/C69H79BN2/c1-43(2)46-35-61-63-62(36-46)72(58-40-49(44-23-19-17-20-24-44)52(65(6,7)8)39-50(58)45-25-21-18-22-26-45)59-37-47(64(3,4)5)27-30-56(59)70(63)57-41-54-55(69(15,16)34-33-68(54,13)14)42-60(57)71(61)48-28-29-51-53(38-48)67(11,12)32-31-66(51,9)10/h17-30,35-43H,31-34H2,1-16H3. The number of benzene rings is 7. The summed E-state index contributed by atoms with van der Waals surface area (Å²) in [5.74, 6) is 0.292. The van der Waals surface area contributed by atoms with Crippen molar-refractivity contribution in [3.05, 3.63) is 172 Å². The molecule has 2 aliphatic heterocycles. The second-order valence-electron chi connectivity index (χ2n) is 27.4. The van der Waals surface area contributed by atoms with Crippen molar-refractivity contribution in [1.29, 1.82) is 0 Å². The summed E-state index contributed by atoms with van der Waals surface area (Å²) in [6.07, 6.45) is 4.72. The lowest BCUT2D eigenvalue weighted by atomic mass is 9.33. The Morgan fingerprint density at radius 2 is 0.944 bits per heavy atom. The fourth-order valence-corrected chi connectivity index (χ4v) is 13.2. The molecule has 72 heavy (non-hydrogen) atoms. The van der Waals surface area contributed by atoms with Crippen molar-refractivity contribution >= 4 is 57.2 Å². The molecular formula is C69H79BN2. The maximum atomic E-state index is 2.73. The van der Waals surface area contributed by atoms with Gasteiger partial charge in [0, 0.05) is 34.0 Å². The molecule has 2 nitrogen and oxygen atoms in total. The normalized spacial score (nSPS) is 18.0. The van der Waals surface area contributed by atoms with Gasteiger partial charge in [0.25, 0.3) is 6.71 Å². The maximum absolute atomic E-state index is 2.73. The first-order chi connectivity index (χ1) is 33.8. The van der Waals surface area contributed by atoms with Crippen LogP contribution in [0.1, 0.15) is 181 Å². The summed E-state index contributed by atoms with van der Waals surface area (Å²) in [7, 11) is 0. The third-order valence-electron chi connectivity index (χ3n) is 18.0. The largest absolute Gasteiger partial charge is 0.311 e. The molecule has 7 aromatic rings. The van der Waals surface area contributed by atoms with Crippen LogP contribution in [0.2, 0.25) is 0 Å². The number of anilines is 6. The Bertz CT molecular complexity index is 3300. The zero-order valence-corrected chi connectivity index (χ0v) is 46.6. The highest BCUT2D eigenvalue weighted by atomic mass is 15.2. The molecule has 0 aromatic heterocycles. The minimum absolute atomic E-state index is 0.0180. The number of rotatable bonds is 5. The smallest absolute Gasteiger partial charge is 0.252 e. The van der Waals surface area contributed by atoms with Crippen molar-refractivity contribution in [1.82, 2.24) is 0 Å². The molecule has 0 saturated carbocycles. The van der Waals surface area contributed by atoms with Crippen molar-refractivity contribution in [3.63, 3.8) is 0 Å². The quantitative estimate of drug-likeness (QED) is 0.159. The first-order valence-corrected chi connectivity index (χ1v) is 27.3. The van der Waals surface area contributed by atoms with E-state index < -0.39 is 0 Å². The zero-order valence-electron chi connectivity index (χ0n) is 46.6. The number of nitrogens with zero attached hydrogens (tertiary/aromatic N) is 2. The van der Waals surface area contributed by atoms with Crippen LogP contribution in [0.3, 0.4) is 0 Å². The molecule has 0 bridgehead atoms. The SMILES string of the molecule is CC(C)c1cc2c3c(c1)N(c1cc(-c4ccccc4)c(C(C)(C)C)cc1-c1ccccc1)c1cc(C(C)(C)C)ccc1B3c1cc3c(cc1N2c1ccc2c(c1)C(C)(C)CCC2(C)C)C(C)(C)CCC3(C)C. The molecule has 3 heteroatoms. The molecule has 0 atom stereocenters. The molecule has 0 N–H and O–H groups in total. The molecule has 0 radical (unpaired) electrons. The average Bonchev–Trinajstić information content (AvgIpc) is 3.33. The lowest BCUT2D eigenvalue weighted by molar-refractivity contribution is 0.332. The number of hydrogen-bond acceptors (Lipinski definition) is 2. The molecular weight excluding hydrogens is 868 g/mol. The van der Waals surface area contributed by atoms with Gasteiger partial charge in [0.05, 0.1) is 5.69 Å². The van der Waals surface area contributed by atoms with Crippen LogP contribution in [-0.2, 0) is 32.5 Å². The Kier molecular flexibility index (Phi) is 11.0. The van der Waals surface area contributed by atoms with Crippen LogP contribution >= 0.6 is 0 Å². The highest BCUT2D eigenvalue weighted by molar-refractivity contribution is 7.00. The van der Waals surface area contributed by atoms with Crippen LogP contribution < -0.4 is 26.2 Å². The van der Waals surface area contributed by atoms with E-state index in [1.807, 2.05) is 0 Å². The number of fused-ring (bicyclic) bond motifs is 6. The van der Waals surface area contributed by atoms with Gasteiger partial charge in [-0.25, -0.2) is 0 Å². The van der Waals surface area contributed by atoms with Gasteiger partial charge >= 0.3 is 0 Å². The molecule has 2 aliphatic carbocycles. The van der Waals surface area contributed by atoms with Gasteiger partial charge in [-0.1, -0.05) is 196 Å². The fraction of sp³-hybridized carbons (Fsp3) is 0.391. The first kappa shape index (κ1) is 48.5. The van der Waals surface area contributed by atoms with Crippen LogP contribution in [0, 0.1) is 0 Å². The van der Waals surface area contributed by atoms with Crippen molar-refractivity contribution in [2.24, 2.45) is 0 Å². The van der Waals surface area contributed by atoms with Gasteiger partial charge in [-0.15, -0.1) is 0 Å². The first-order valence-electron chi connectivity index (χ1n) is 27.3. The summed E-state index contributed by atoms with van der Waals surface area (Å²) in [5.41, 5.74) is 27.0. The van der Waals surface area contributed by atoms with Gasteiger partial charge in [-0.3, -0.25) is 0 Å². The minimum Gasteiger partial charge on any atom is -0.311 e. The lowest BCUT2D eigenvalue weighted by Crippen LogP contribution is -2.62. The number of hydrogen-bond donors (Lipinski definition) is 0. The van der Waals surface area contributed by atoms with E-state index in [0.717, 1.165) is 0 Å². The molecule has 368 valence electrons. The molecule has 0 spiro atoms. The van der Waals surface area contributed by atoms with Crippen LogP contribution in [0.4, 0.5) is 34.1 Å².